The van der Waals surface area contributed by atoms with Crippen LogP contribution in [0.1, 0.15) is 21.5 Å². The fraction of sp³-hybridized carbons (Fsp3) is 0.133. The summed E-state index contributed by atoms with van der Waals surface area (Å²) in [7, 11) is 0. The van der Waals surface area contributed by atoms with E-state index in [1.54, 1.807) is 10.5 Å². The van der Waals surface area contributed by atoms with E-state index in [4.69, 9.17) is 9.84 Å². The fourth-order valence-electron chi connectivity index (χ4n) is 2.53. The quantitative estimate of drug-likeness (QED) is 0.778. The Labute approximate surface area is 119 Å². The third-order valence-electron chi connectivity index (χ3n) is 3.63. The lowest BCUT2D eigenvalue weighted by Crippen LogP contribution is -1.99. The highest BCUT2D eigenvalue weighted by atomic mass is 16.5. The number of carbonyl (C=O) groups is 1. The van der Waals surface area contributed by atoms with E-state index >= 15 is 0 Å². The average Bonchev–Trinajstić information content (AvgIpc) is 3.12. The Kier molecular flexibility index (Phi) is 2.52. The van der Waals surface area contributed by atoms with Crippen LogP contribution < -0.4 is 0 Å². The summed E-state index contributed by atoms with van der Waals surface area (Å²) in [5, 5.41) is 17.3. The molecule has 0 bridgehead atoms. The van der Waals surface area contributed by atoms with Crippen molar-refractivity contribution in [1.82, 2.24) is 14.6 Å². The highest BCUT2D eigenvalue weighted by molar-refractivity contribution is 5.87. The third kappa shape index (κ3) is 1.88. The maximum Gasteiger partial charge on any atom is 0.337 e. The summed E-state index contributed by atoms with van der Waals surface area (Å²) in [6.07, 6.45) is 1.54. The molecule has 4 rings (SSSR count). The Morgan fingerprint density at radius 1 is 1.14 bits per heavy atom. The van der Waals surface area contributed by atoms with Gasteiger partial charge in [-0.1, -0.05) is 12.1 Å². The Bertz CT molecular complexity index is 870. The average molecular weight is 281 g/mol. The first kappa shape index (κ1) is 12.0. The molecule has 1 aromatic carbocycles. The van der Waals surface area contributed by atoms with E-state index in [2.05, 4.69) is 10.2 Å². The van der Waals surface area contributed by atoms with Crippen molar-refractivity contribution in [2.45, 2.75) is 13.2 Å². The van der Waals surface area contributed by atoms with Crippen LogP contribution >= 0.6 is 0 Å². The number of carboxylic acid groups (broad SMARTS) is 1. The van der Waals surface area contributed by atoms with Crippen LogP contribution in [-0.4, -0.2) is 25.7 Å². The minimum Gasteiger partial charge on any atom is -0.478 e. The van der Waals surface area contributed by atoms with Crippen LogP contribution in [0.15, 0.2) is 36.5 Å². The number of nitrogens with zero attached hydrogens (tertiary/aromatic N) is 3. The highest BCUT2D eigenvalue weighted by Gasteiger charge is 2.15. The van der Waals surface area contributed by atoms with Crippen LogP contribution in [0.25, 0.3) is 17.0 Å². The zero-order valence-electron chi connectivity index (χ0n) is 11.0. The van der Waals surface area contributed by atoms with Gasteiger partial charge in [-0.25, -0.2) is 4.79 Å². The molecule has 0 amide bonds. The maximum absolute atomic E-state index is 11.1. The summed E-state index contributed by atoms with van der Waals surface area (Å²) in [4.78, 5) is 11.1. The van der Waals surface area contributed by atoms with Crippen LogP contribution in [0, 0.1) is 0 Å². The predicted molar refractivity (Wildman–Crippen MR) is 73.9 cm³/mol. The SMILES string of the molecule is O=C(O)c1ccc2nnc(-c3ccc4c(c3)COC4)n2c1. The molecular weight excluding hydrogens is 270 g/mol. The monoisotopic (exact) mass is 281 g/mol. The van der Waals surface area contributed by atoms with E-state index in [0.717, 1.165) is 11.1 Å². The molecule has 2 aromatic heterocycles. The summed E-state index contributed by atoms with van der Waals surface area (Å²) in [6, 6.07) is 9.16. The first-order valence-corrected chi connectivity index (χ1v) is 6.50. The number of rotatable bonds is 2. The van der Waals surface area contributed by atoms with Gasteiger partial charge in [0.05, 0.1) is 18.8 Å². The zero-order valence-corrected chi connectivity index (χ0v) is 11.0. The van der Waals surface area contributed by atoms with Crippen LogP contribution in [0.3, 0.4) is 0 Å². The van der Waals surface area contributed by atoms with E-state index in [-0.39, 0.29) is 5.56 Å². The lowest BCUT2D eigenvalue weighted by atomic mass is 10.1. The lowest BCUT2D eigenvalue weighted by molar-refractivity contribution is 0.0696. The van der Waals surface area contributed by atoms with Crippen molar-refractivity contribution >= 4 is 11.6 Å². The largest absolute Gasteiger partial charge is 0.478 e. The number of fused-ring (bicyclic) bond motifs is 2. The Balaban J connectivity index is 1.90. The molecule has 0 saturated carbocycles. The molecule has 21 heavy (non-hydrogen) atoms. The van der Waals surface area contributed by atoms with Gasteiger partial charge in [0.25, 0.3) is 0 Å². The number of benzene rings is 1. The summed E-state index contributed by atoms with van der Waals surface area (Å²) < 4.78 is 7.10. The van der Waals surface area contributed by atoms with E-state index in [0.29, 0.717) is 24.7 Å². The number of carboxylic acids is 1. The van der Waals surface area contributed by atoms with Crippen LogP contribution in [0.2, 0.25) is 0 Å². The molecule has 1 aliphatic heterocycles. The molecule has 1 N–H and O–H groups in total. The summed E-state index contributed by atoms with van der Waals surface area (Å²) in [6.45, 7) is 1.24. The summed E-state index contributed by atoms with van der Waals surface area (Å²) >= 11 is 0. The second-order valence-corrected chi connectivity index (χ2v) is 4.95. The molecule has 104 valence electrons. The van der Waals surface area contributed by atoms with Gasteiger partial charge in [0.15, 0.2) is 11.5 Å². The van der Waals surface area contributed by atoms with E-state index < -0.39 is 5.97 Å². The smallest absolute Gasteiger partial charge is 0.337 e. The minimum absolute atomic E-state index is 0.202. The van der Waals surface area contributed by atoms with Gasteiger partial charge in [-0.05, 0) is 29.3 Å². The molecule has 0 atom stereocenters. The van der Waals surface area contributed by atoms with Crippen molar-refractivity contribution in [2.24, 2.45) is 0 Å². The van der Waals surface area contributed by atoms with Crippen LogP contribution in [-0.2, 0) is 18.0 Å². The molecule has 6 heteroatoms. The van der Waals surface area contributed by atoms with Crippen molar-refractivity contribution in [3.05, 3.63) is 53.2 Å². The molecular formula is C15H11N3O3. The van der Waals surface area contributed by atoms with E-state index in [9.17, 15) is 4.79 Å². The standard InChI is InChI=1S/C15H11N3O3/c19-15(20)10-3-4-13-16-17-14(18(13)6-10)9-1-2-11-7-21-8-12(11)5-9/h1-6H,7-8H2,(H,19,20). The molecule has 6 nitrogen and oxygen atoms in total. The number of aromatic nitrogens is 3. The number of hydrogen-bond acceptors (Lipinski definition) is 4. The van der Waals surface area contributed by atoms with Crippen molar-refractivity contribution in [2.75, 3.05) is 0 Å². The number of ether oxygens (including phenoxy) is 1. The maximum atomic E-state index is 11.1. The third-order valence-corrected chi connectivity index (χ3v) is 3.63. The molecule has 0 aliphatic carbocycles. The van der Waals surface area contributed by atoms with Crippen molar-refractivity contribution in [3.63, 3.8) is 0 Å². The van der Waals surface area contributed by atoms with Gasteiger partial charge in [0, 0.05) is 11.8 Å². The Hall–Kier alpha value is -2.73. The molecule has 0 spiro atoms. The van der Waals surface area contributed by atoms with Gasteiger partial charge >= 0.3 is 5.97 Å². The van der Waals surface area contributed by atoms with Gasteiger partial charge < -0.3 is 9.84 Å². The van der Waals surface area contributed by atoms with Gasteiger partial charge in [-0.15, -0.1) is 10.2 Å². The van der Waals surface area contributed by atoms with Crippen molar-refractivity contribution in [3.8, 4) is 11.4 Å². The fourth-order valence-corrected chi connectivity index (χ4v) is 2.53. The summed E-state index contributed by atoms with van der Waals surface area (Å²) in [5.41, 5.74) is 4.03. The van der Waals surface area contributed by atoms with Crippen molar-refractivity contribution < 1.29 is 14.6 Å². The van der Waals surface area contributed by atoms with E-state index in [1.807, 2.05) is 18.2 Å². The second-order valence-electron chi connectivity index (χ2n) is 4.95. The van der Waals surface area contributed by atoms with E-state index in [1.165, 1.54) is 17.8 Å². The molecule has 3 heterocycles. The molecule has 0 unspecified atom stereocenters. The van der Waals surface area contributed by atoms with Crippen molar-refractivity contribution in [1.29, 1.82) is 0 Å². The summed E-state index contributed by atoms with van der Waals surface area (Å²) in [5.74, 6) is -0.346. The lowest BCUT2D eigenvalue weighted by Gasteiger charge is -2.03. The van der Waals surface area contributed by atoms with Gasteiger partial charge in [0.2, 0.25) is 0 Å². The molecule has 3 aromatic rings. The highest BCUT2D eigenvalue weighted by Crippen LogP contribution is 2.26. The molecule has 0 fully saturated rings. The predicted octanol–water partition coefficient (Wildman–Crippen LogP) is 2.12. The zero-order chi connectivity index (χ0) is 14.4. The molecule has 0 saturated heterocycles. The second kappa shape index (κ2) is 4.39. The van der Waals surface area contributed by atoms with Gasteiger partial charge in [0.1, 0.15) is 0 Å². The van der Waals surface area contributed by atoms with Gasteiger partial charge in [-0.2, -0.15) is 0 Å². The minimum atomic E-state index is -0.973. The normalized spacial score (nSPS) is 13.5. The Morgan fingerprint density at radius 3 is 2.86 bits per heavy atom. The van der Waals surface area contributed by atoms with Crippen LogP contribution in [0.4, 0.5) is 0 Å². The first-order valence-electron chi connectivity index (χ1n) is 6.50. The molecule has 1 aliphatic rings. The first-order chi connectivity index (χ1) is 10.2. The van der Waals surface area contributed by atoms with Gasteiger partial charge in [-0.3, -0.25) is 4.40 Å². The topological polar surface area (TPSA) is 76.7 Å². The number of pyridine rings is 1. The number of hydrogen-bond donors (Lipinski definition) is 1. The molecule has 0 radical (unpaired) electrons. The Morgan fingerprint density at radius 2 is 2.00 bits per heavy atom. The number of aromatic carboxylic acids is 1. The van der Waals surface area contributed by atoms with Crippen LogP contribution in [0.5, 0.6) is 0 Å².